The number of carbonyl (C=O) groups is 2. The number of anilines is 2. The molecule has 0 saturated carbocycles. The van der Waals surface area contributed by atoms with E-state index in [0.29, 0.717) is 22.3 Å². The first-order valence-electron chi connectivity index (χ1n) is 9.40. The molecule has 2 aliphatic heterocycles. The number of para-hydroxylation sites is 2. The van der Waals surface area contributed by atoms with E-state index in [1.165, 1.54) is 11.8 Å². The maximum Gasteiger partial charge on any atom is 0.269 e. The summed E-state index contributed by atoms with van der Waals surface area (Å²) in [5.41, 5.74) is 3.21. The molecule has 0 bridgehead atoms. The third kappa shape index (κ3) is 2.84. The minimum atomic E-state index is -1.11. The molecule has 1 saturated heterocycles. The highest BCUT2D eigenvalue weighted by Gasteiger charge is 2.60. The molecule has 1 spiro atoms. The number of nitrogens with zero attached hydrogens (tertiary/aromatic N) is 2. The Balaban J connectivity index is 1.63. The van der Waals surface area contributed by atoms with Crippen LogP contribution in [0.2, 0.25) is 10.0 Å². The van der Waals surface area contributed by atoms with E-state index in [1.807, 2.05) is 60.7 Å². The molecule has 0 unspecified atom stereocenters. The normalized spacial score (nSPS) is 20.3. The monoisotopic (exact) mass is 454 g/mol. The van der Waals surface area contributed by atoms with Crippen LogP contribution in [0.3, 0.4) is 0 Å². The Hall–Kier alpha value is -2.47. The lowest BCUT2D eigenvalue weighted by Gasteiger charge is -2.33. The standard InChI is InChI=1S/C23H16Cl2N2O2S/c24-18-11-10-15(12-19(18)25)13-26-20-9-5-4-8-17(20)23(22(26)29)27(21(28)14-30-23)16-6-2-1-3-7-16/h1-12H,13-14H2/t23-/m0/s1. The average molecular weight is 455 g/mol. The quantitative estimate of drug-likeness (QED) is 0.526. The molecule has 0 aliphatic carbocycles. The highest BCUT2D eigenvalue weighted by Crippen LogP contribution is 2.55. The number of halogens is 2. The van der Waals surface area contributed by atoms with Gasteiger partial charge in [0.1, 0.15) is 0 Å². The summed E-state index contributed by atoms with van der Waals surface area (Å²) in [7, 11) is 0. The van der Waals surface area contributed by atoms with Gasteiger partial charge in [0, 0.05) is 11.3 Å². The Bertz CT molecular complexity index is 1170. The van der Waals surface area contributed by atoms with E-state index in [4.69, 9.17) is 23.2 Å². The minimum Gasteiger partial charge on any atom is -0.304 e. The van der Waals surface area contributed by atoms with Crippen LogP contribution in [0.25, 0.3) is 0 Å². The number of benzene rings is 3. The van der Waals surface area contributed by atoms with E-state index in [9.17, 15) is 9.59 Å². The summed E-state index contributed by atoms with van der Waals surface area (Å²) in [4.78, 5) is 29.1. The number of hydrogen-bond acceptors (Lipinski definition) is 3. The van der Waals surface area contributed by atoms with Crippen LogP contribution in [0, 0.1) is 0 Å². The fourth-order valence-corrected chi connectivity index (χ4v) is 5.79. The van der Waals surface area contributed by atoms with Gasteiger partial charge in [-0.2, -0.15) is 0 Å². The molecule has 3 aromatic rings. The zero-order chi connectivity index (χ0) is 20.9. The van der Waals surface area contributed by atoms with Crippen LogP contribution in [0.5, 0.6) is 0 Å². The fraction of sp³-hybridized carbons (Fsp3) is 0.130. The molecule has 150 valence electrons. The Labute approximate surface area is 188 Å². The van der Waals surface area contributed by atoms with Gasteiger partial charge in [0.05, 0.1) is 28.0 Å². The van der Waals surface area contributed by atoms with Crippen molar-refractivity contribution in [1.29, 1.82) is 0 Å². The van der Waals surface area contributed by atoms with Crippen molar-refractivity contribution in [3.8, 4) is 0 Å². The summed E-state index contributed by atoms with van der Waals surface area (Å²) in [6.07, 6.45) is 0. The average Bonchev–Trinajstić information content (AvgIpc) is 3.22. The van der Waals surface area contributed by atoms with Gasteiger partial charge in [-0.1, -0.05) is 65.7 Å². The summed E-state index contributed by atoms with van der Waals surface area (Å²) >= 11 is 13.6. The van der Waals surface area contributed by atoms with Crippen LogP contribution in [-0.4, -0.2) is 17.6 Å². The zero-order valence-electron chi connectivity index (χ0n) is 15.7. The van der Waals surface area contributed by atoms with Crippen molar-refractivity contribution in [2.75, 3.05) is 15.6 Å². The molecule has 0 radical (unpaired) electrons. The SMILES string of the molecule is O=C1CS[C@@]2(C(=O)N(Cc3ccc(Cl)c(Cl)c3)c3ccccc32)N1c1ccccc1. The number of fused-ring (bicyclic) bond motifs is 2. The molecule has 0 aromatic heterocycles. The van der Waals surface area contributed by atoms with Crippen molar-refractivity contribution >= 4 is 58.2 Å². The molecule has 1 atom stereocenters. The predicted molar refractivity (Wildman–Crippen MR) is 122 cm³/mol. The minimum absolute atomic E-state index is 0.0780. The van der Waals surface area contributed by atoms with E-state index in [-0.39, 0.29) is 17.6 Å². The maximum absolute atomic E-state index is 13.9. The van der Waals surface area contributed by atoms with Crippen LogP contribution in [-0.2, 0) is 21.0 Å². The van der Waals surface area contributed by atoms with Gasteiger partial charge < -0.3 is 4.90 Å². The van der Waals surface area contributed by atoms with Gasteiger partial charge in [0.25, 0.3) is 5.91 Å². The van der Waals surface area contributed by atoms with Crippen molar-refractivity contribution in [2.45, 2.75) is 11.4 Å². The van der Waals surface area contributed by atoms with Crippen LogP contribution in [0.1, 0.15) is 11.1 Å². The molecule has 0 N–H and O–H groups in total. The Morgan fingerprint density at radius 2 is 1.63 bits per heavy atom. The molecule has 2 aliphatic rings. The molecule has 30 heavy (non-hydrogen) atoms. The van der Waals surface area contributed by atoms with E-state index in [2.05, 4.69) is 0 Å². The van der Waals surface area contributed by atoms with Crippen molar-refractivity contribution in [1.82, 2.24) is 0 Å². The Kier molecular flexibility index (Phi) is 4.77. The smallest absolute Gasteiger partial charge is 0.269 e. The zero-order valence-corrected chi connectivity index (χ0v) is 18.0. The maximum atomic E-state index is 13.9. The van der Waals surface area contributed by atoms with Crippen molar-refractivity contribution in [3.05, 3.63) is 94.0 Å². The lowest BCUT2D eigenvalue weighted by molar-refractivity contribution is -0.123. The molecule has 2 amide bonds. The van der Waals surface area contributed by atoms with E-state index >= 15 is 0 Å². The first-order chi connectivity index (χ1) is 14.5. The molecule has 2 heterocycles. The van der Waals surface area contributed by atoms with Gasteiger partial charge in [0.2, 0.25) is 10.8 Å². The number of rotatable bonds is 3. The van der Waals surface area contributed by atoms with E-state index in [0.717, 1.165) is 16.8 Å². The summed E-state index contributed by atoms with van der Waals surface area (Å²) in [5, 5.41) is 0.914. The number of amides is 2. The highest BCUT2D eigenvalue weighted by molar-refractivity contribution is 8.02. The number of thioether (sulfide) groups is 1. The molecule has 3 aromatic carbocycles. The predicted octanol–water partition coefficient (Wildman–Crippen LogP) is 5.47. The van der Waals surface area contributed by atoms with Gasteiger partial charge >= 0.3 is 0 Å². The molecule has 5 rings (SSSR count). The number of hydrogen-bond donors (Lipinski definition) is 0. The first kappa shape index (κ1) is 19.5. The Morgan fingerprint density at radius 3 is 2.40 bits per heavy atom. The molecular formula is C23H16Cl2N2O2S. The van der Waals surface area contributed by atoms with E-state index < -0.39 is 4.87 Å². The first-order valence-corrected chi connectivity index (χ1v) is 11.1. The largest absolute Gasteiger partial charge is 0.304 e. The third-order valence-electron chi connectivity index (χ3n) is 5.40. The van der Waals surface area contributed by atoms with E-state index in [1.54, 1.807) is 21.9 Å². The highest BCUT2D eigenvalue weighted by atomic mass is 35.5. The summed E-state index contributed by atoms with van der Waals surface area (Å²) in [6, 6.07) is 22.4. The fourth-order valence-electron chi connectivity index (χ4n) is 4.11. The molecule has 1 fully saturated rings. The lowest BCUT2D eigenvalue weighted by Crippen LogP contribution is -2.49. The van der Waals surface area contributed by atoms with Gasteiger partial charge in [0.15, 0.2) is 0 Å². The summed E-state index contributed by atoms with van der Waals surface area (Å²) in [5.74, 6) is 0.0375. The topological polar surface area (TPSA) is 40.6 Å². The van der Waals surface area contributed by atoms with Crippen LogP contribution in [0.15, 0.2) is 72.8 Å². The van der Waals surface area contributed by atoms with Gasteiger partial charge in [-0.05, 0) is 35.9 Å². The van der Waals surface area contributed by atoms with Crippen molar-refractivity contribution in [2.24, 2.45) is 0 Å². The number of carbonyl (C=O) groups excluding carboxylic acids is 2. The third-order valence-corrected chi connectivity index (χ3v) is 7.53. The van der Waals surface area contributed by atoms with Crippen LogP contribution < -0.4 is 9.80 Å². The molecule has 4 nitrogen and oxygen atoms in total. The van der Waals surface area contributed by atoms with Crippen molar-refractivity contribution < 1.29 is 9.59 Å². The van der Waals surface area contributed by atoms with Gasteiger partial charge in [-0.3, -0.25) is 14.5 Å². The summed E-state index contributed by atoms with van der Waals surface area (Å²) in [6.45, 7) is 0.339. The summed E-state index contributed by atoms with van der Waals surface area (Å²) < 4.78 is 0. The van der Waals surface area contributed by atoms with Gasteiger partial charge in [-0.15, -0.1) is 11.8 Å². The second-order valence-electron chi connectivity index (χ2n) is 7.15. The second kappa shape index (κ2) is 7.34. The van der Waals surface area contributed by atoms with Gasteiger partial charge in [-0.25, -0.2) is 0 Å². The van der Waals surface area contributed by atoms with Crippen molar-refractivity contribution in [3.63, 3.8) is 0 Å². The van der Waals surface area contributed by atoms with Crippen LogP contribution in [0.4, 0.5) is 11.4 Å². The second-order valence-corrected chi connectivity index (χ2v) is 9.14. The van der Waals surface area contributed by atoms with Crippen LogP contribution >= 0.6 is 35.0 Å². The molecule has 7 heteroatoms. The Morgan fingerprint density at radius 1 is 0.900 bits per heavy atom. The lowest BCUT2D eigenvalue weighted by atomic mass is 10.0. The molecular weight excluding hydrogens is 439 g/mol.